The van der Waals surface area contributed by atoms with Crippen LogP contribution in [0, 0.1) is 0 Å². The van der Waals surface area contributed by atoms with E-state index in [9.17, 15) is 9.59 Å². The summed E-state index contributed by atoms with van der Waals surface area (Å²) in [7, 11) is 0. The molecule has 4 atom stereocenters. The molecule has 9 nitrogen and oxygen atoms in total. The van der Waals surface area contributed by atoms with Gasteiger partial charge in [-0.2, -0.15) is 0 Å². The Morgan fingerprint density at radius 1 is 1.06 bits per heavy atom. The molecule has 1 aliphatic heterocycles. The molecule has 1 fully saturated rings. The molecule has 0 unspecified atom stereocenters. The van der Waals surface area contributed by atoms with Crippen molar-refractivity contribution in [2.45, 2.75) is 44.5 Å². The smallest absolute Gasteiger partial charge is 0.338 e. The first-order chi connectivity index (χ1) is 15.1. The van der Waals surface area contributed by atoms with Crippen LogP contribution in [0.15, 0.2) is 65.8 Å². The summed E-state index contributed by atoms with van der Waals surface area (Å²) in [6, 6.07) is 17.2. The summed E-state index contributed by atoms with van der Waals surface area (Å²) in [6.07, 6.45) is -3.25. The molecule has 0 aromatic heterocycles. The van der Waals surface area contributed by atoms with Crippen molar-refractivity contribution in [1.82, 2.24) is 0 Å². The van der Waals surface area contributed by atoms with E-state index in [4.69, 9.17) is 24.5 Å². The molecule has 2 aromatic rings. The van der Waals surface area contributed by atoms with E-state index in [1.54, 1.807) is 6.92 Å². The van der Waals surface area contributed by atoms with Gasteiger partial charge in [0.05, 0.1) is 19.8 Å². The maximum Gasteiger partial charge on any atom is 0.338 e. The molecule has 0 N–H and O–H groups in total. The molecular weight excluding hydrogens is 402 g/mol. The number of nitrogens with zero attached hydrogens (tertiary/aromatic N) is 3. The molecule has 1 heterocycles. The van der Waals surface area contributed by atoms with E-state index in [1.165, 1.54) is 0 Å². The van der Waals surface area contributed by atoms with Gasteiger partial charge in [-0.3, -0.25) is 4.79 Å². The lowest BCUT2D eigenvalue weighted by molar-refractivity contribution is -0.154. The van der Waals surface area contributed by atoms with E-state index < -0.39 is 36.3 Å². The molecule has 0 amide bonds. The molecule has 9 heteroatoms. The minimum atomic E-state index is -1.39. The number of cyclic esters (lactones) is 1. The third-order valence-corrected chi connectivity index (χ3v) is 4.68. The average molecular weight is 425 g/mol. The number of benzene rings is 2. The third-order valence-electron chi connectivity index (χ3n) is 4.68. The maximum atomic E-state index is 12.6. The number of esters is 2. The first-order valence-electron chi connectivity index (χ1n) is 9.86. The third kappa shape index (κ3) is 5.82. The monoisotopic (exact) mass is 425 g/mol. The van der Waals surface area contributed by atoms with Gasteiger partial charge in [0.25, 0.3) is 0 Å². The molecule has 1 aliphatic rings. The Balaban J connectivity index is 1.82. The van der Waals surface area contributed by atoms with E-state index in [1.807, 2.05) is 60.7 Å². The number of hydrogen-bond donors (Lipinski definition) is 0. The molecule has 31 heavy (non-hydrogen) atoms. The van der Waals surface area contributed by atoms with Crippen molar-refractivity contribution < 1.29 is 28.5 Å². The van der Waals surface area contributed by atoms with E-state index in [0.717, 1.165) is 11.1 Å². The van der Waals surface area contributed by atoms with Crippen LogP contribution in [-0.4, -0.2) is 42.9 Å². The Kier molecular flexibility index (Phi) is 8.00. The topological polar surface area (TPSA) is 120 Å². The fourth-order valence-corrected chi connectivity index (χ4v) is 3.22. The Bertz CT molecular complexity index is 917. The van der Waals surface area contributed by atoms with E-state index in [2.05, 4.69) is 10.0 Å². The van der Waals surface area contributed by atoms with Crippen molar-refractivity contribution in [3.63, 3.8) is 0 Å². The number of azide groups is 1. The Morgan fingerprint density at radius 3 is 2.19 bits per heavy atom. The van der Waals surface area contributed by atoms with E-state index in [0.29, 0.717) is 0 Å². The van der Waals surface area contributed by atoms with Crippen LogP contribution in [0.1, 0.15) is 18.1 Å². The lowest BCUT2D eigenvalue weighted by Crippen LogP contribution is -2.44. The largest absolute Gasteiger partial charge is 0.466 e. The zero-order valence-corrected chi connectivity index (χ0v) is 17.0. The van der Waals surface area contributed by atoms with Crippen LogP contribution in [0.5, 0.6) is 0 Å². The van der Waals surface area contributed by atoms with Gasteiger partial charge in [0.15, 0.2) is 18.2 Å². The van der Waals surface area contributed by atoms with Crippen molar-refractivity contribution in [3.05, 3.63) is 82.2 Å². The molecule has 162 valence electrons. The van der Waals surface area contributed by atoms with Crippen LogP contribution in [0.2, 0.25) is 0 Å². The van der Waals surface area contributed by atoms with Crippen molar-refractivity contribution in [2.24, 2.45) is 5.11 Å². The van der Waals surface area contributed by atoms with E-state index >= 15 is 0 Å². The van der Waals surface area contributed by atoms with Crippen molar-refractivity contribution >= 4 is 11.9 Å². The van der Waals surface area contributed by atoms with Gasteiger partial charge < -0.3 is 18.9 Å². The first kappa shape index (κ1) is 22.3. The van der Waals surface area contributed by atoms with Crippen LogP contribution in [0.4, 0.5) is 0 Å². The van der Waals surface area contributed by atoms with Crippen molar-refractivity contribution in [1.29, 1.82) is 0 Å². The lowest BCUT2D eigenvalue weighted by atomic mass is 10.0. The maximum absolute atomic E-state index is 12.6. The summed E-state index contributed by atoms with van der Waals surface area (Å²) in [6.45, 7) is 2.00. The molecule has 0 aliphatic carbocycles. The highest BCUT2D eigenvalue weighted by atomic mass is 16.6. The highest BCUT2D eigenvalue weighted by Crippen LogP contribution is 2.28. The van der Waals surface area contributed by atoms with Gasteiger partial charge in [0.1, 0.15) is 6.10 Å². The van der Waals surface area contributed by atoms with Crippen LogP contribution in [0.3, 0.4) is 0 Å². The summed E-state index contributed by atoms with van der Waals surface area (Å²) in [5, 5.41) is 3.51. The first-order valence-corrected chi connectivity index (χ1v) is 9.86. The number of carbonyl (C=O) groups excluding carboxylic acids is 2. The van der Waals surface area contributed by atoms with Gasteiger partial charge in [0.2, 0.25) is 0 Å². The van der Waals surface area contributed by atoms with Crippen LogP contribution >= 0.6 is 0 Å². The number of carbonyl (C=O) groups is 2. The molecule has 0 bridgehead atoms. The lowest BCUT2D eigenvalue weighted by Gasteiger charge is -2.24. The van der Waals surface area contributed by atoms with Crippen molar-refractivity contribution in [2.75, 3.05) is 6.61 Å². The minimum Gasteiger partial charge on any atom is -0.466 e. The summed E-state index contributed by atoms with van der Waals surface area (Å²) < 4.78 is 22.2. The highest BCUT2D eigenvalue weighted by molar-refractivity contribution is 5.82. The van der Waals surface area contributed by atoms with Crippen LogP contribution in [-0.2, 0) is 41.8 Å². The van der Waals surface area contributed by atoms with Crippen LogP contribution < -0.4 is 0 Å². The summed E-state index contributed by atoms with van der Waals surface area (Å²) in [4.78, 5) is 27.7. The van der Waals surface area contributed by atoms with Crippen molar-refractivity contribution in [3.8, 4) is 0 Å². The average Bonchev–Trinajstić information content (AvgIpc) is 3.10. The van der Waals surface area contributed by atoms with Gasteiger partial charge in [-0.15, -0.1) is 0 Å². The second-order valence-electron chi connectivity index (χ2n) is 6.78. The van der Waals surface area contributed by atoms with Gasteiger partial charge in [-0.25, -0.2) is 4.79 Å². The summed E-state index contributed by atoms with van der Waals surface area (Å²) in [5.41, 5.74) is 10.6. The molecule has 1 saturated heterocycles. The second-order valence-corrected chi connectivity index (χ2v) is 6.78. The highest BCUT2D eigenvalue weighted by Gasteiger charge is 2.52. The molecule has 0 spiro atoms. The second kappa shape index (κ2) is 11.1. The van der Waals surface area contributed by atoms with Gasteiger partial charge in [-0.1, -0.05) is 65.8 Å². The molecule has 0 radical (unpaired) electrons. The fourth-order valence-electron chi connectivity index (χ4n) is 3.22. The van der Waals surface area contributed by atoms with E-state index in [-0.39, 0.29) is 19.8 Å². The molecular formula is C22H23N3O6. The summed E-state index contributed by atoms with van der Waals surface area (Å²) in [5.74, 6) is -1.49. The zero-order valence-electron chi connectivity index (χ0n) is 17.0. The Morgan fingerprint density at radius 2 is 1.65 bits per heavy atom. The van der Waals surface area contributed by atoms with Crippen LogP contribution in [0.25, 0.3) is 10.4 Å². The molecule has 0 saturated carbocycles. The predicted octanol–water partition coefficient (Wildman–Crippen LogP) is 3.32. The number of hydrogen-bond acceptors (Lipinski definition) is 7. The number of ether oxygens (including phenoxy) is 4. The Labute approximate surface area is 179 Å². The standard InChI is InChI=1S/C22H23N3O6/c1-2-28-21(26)17(24-25-23)18-19(29-13-15-9-5-3-6-10-15)20(22(27)31-18)30-14-16-11-7-4-8-12-16/h3-12,17-20H,2,13-14H2,1H3/t17-,18+,19+,20-/m1/s1. The fraction of sp³-hybridized carbons (Fsp3) is 0.364. The van der Waals surface area contributed by atoms with Gasteiger partial charge >= 0.3 is 11.9 Å². The quantitative estimate of drug-likeness (QED) is 0.249. The molecule has 2 aromatic carbocycles. The predicted molar refractivity (Wildman–Crippen MR) is 109 cm³/mol. The summed E-state index contributed by atoms with van der Waals surface area (Å²) >= 11 is 0. The Hall–Kier alpha value is -3.39. The van der Waals surface area contributed by atoms with Gasteiger partial charge in [0, 0.05) is 4.91 Å². The minimum absolute atomic E-state index is 0.0838. The zero-order chi connectivity index (χ0) is 22.1. The number of rotatable bonds is 10. The van der Waals surface area contributed by atoms with Gasteiger partial charge in [-0.05, 0) is 23.6 Å². The normalized spacial score (nSPS) is 21.1. The molecule has 3 rings (SSSR count). The SMILES string of the molecule is CCOC(=O)[C@H](N=[N+]=[N-])[C@@H]1OC(=O)[C@H](OCc2ccccc2)[C@H]1OCc1ccccc1.